The normalized spacial score (nSPS) is 11.0. The second kappa shape index (κ2) is 9.94. The lowest BCUT2D eigenvalue weighted by Gasteiger charge is -2.05. The quantitative estimate of drug-likeness (QED) is 0.172. The van der Waals surface area contributed by atoms with Crippen LogP contribution in [-0.4, -0.2) is 28.3 Å². The minimum absolute atomic E-state index is 0.107. The Morgan fingerprint density at radius 1 is 1.10 bits per heavy atom. The number of hydrogen-bond acceptors (Lipinski definition) is 6. The number of thiophene rings is 1. The molecule has 31 heavy (non-hydrogen) atoms. The smallest absolute Gasteiger partial charge is 0.316 e. The highest BCUT2D eigenvalue weighted by Crippen LogP contribution is 2.35. The zero-order valence-corrected chi connectivity index (χ0v) is 18.7. The summed E-state index contributed by atoms with van der Waals surface area (Å²) in [5, 5.41) is 1.03. The molecular formula is C24H22N2O3S2. The van der Waals surface area contributed by atoms with Crippen LogP contribution in [0, 0.1) is 6.92 Å². The molecule has 0 fully saturated rings. The summed E-state index contributed by atoms with van der Waals surface area (Å²) in [6, 6.07) is 19.9. The summed E-state index contributed by atoms with van der Waals surface area (Å²) in [4.78, 5) is 33.9. The highest BCUT2D eigenvalue weighted by Gasteiger charge is 2.17. The van der Waals surface area contributed by atoms with Crippen molar-refractivity contribution >= 4 is 39.3 Å². The van der Waals surface area contributed by atoms with E-state index in [1.54, 1.807) is 0 Å². The van der Waals surface area contributed by atoms with E-state index in [2.05, 4.69) is 22.1 Å². The zero-order chi connectivity index (χ0) is 21.6. The van der Waals surface area contributed by atoms with Crippen LogP contribution in [0.4, 0.5) is 0 Å². The van der Waals surface area contributed by atoms with E-state index >= 15 is 0 Å². The van der Waals surface area contributed by atoms with Gasteiger partial charge in [-0.1, -0.05) is 72.4 Å². The van der Waals surface area contributed by atoms with Gasteiger partial charge in [-0.25, -0.2) is 4.98 Å². The van der Waals surface area contributed by atoms with Crippen LogP contribution < -0.4 is 5.56 Å². The topological polar surface area (TPSA) is 72.0 Å². The van der Waals surface area contributed by atoms with Gasteiger partial charge >= 0.3 is 5.97 Å². The van der Waals surface area contributed by atoms with E-state index in [-0.39, 0.29) is 17.3 Å². The van der Waals surface area contributed by atoms with E-state index in [0.29, 0.717) is 22.0 Å². The lowest BCUT2D eigenvalue weighted by molar-refractivity contribution is -0.140. The van der Waals surface area contributed by atoms with Crippen LogP contribution >= 0.6 is 23.1 Å². The molecule has 0 amide bonds. The number of thioether (sulfide) groups is 1. The minimum atomic E-state index is -0.312. The van der Waals surface area contributed by atoms with Gasteiger partial charge in [-0.05, 0) is 30.9 Å². The van der Waals surface area contributed by atoms with Crippen molar-refractivity contribution in [1.82, 2.24) is 9.97 Å². The Morgan fingerprint density at radius 2 is 1.81 bits per heavy atom. The molecule has 0 radical (unpaired) electrons. The first-order valence-electron chi connectivity index (χ1n) is 10.0. The van der Waals surface area contributed by atoms with Crippen molar-refractivity contribution in [2.24, 2.45) is 0 Å². The summed E-state index contributed by atoms with van der Waals surface area (Å²) in [6.07, 6.45) is 1.65. The largest absolute Gasteiger partial charge is 0.465 e. The highest BCUT2D eigenvalue weighted by atomic mass is 32.2. The van der Waals surface area contributed by atoms with Gasteiger partial charge in [-0.2, -0.15) is 0 Å². The maximum Gasteiger partial charge on any atom is 0.316 e. The molecule has 0 aliphatic heterocycles. The lowest BCUT2D eigenvalue weighted by Crippen LogP contribution is -2.12. The van der Waals surface area contributed by atoms with Gasteiger partial charge in [-0.15, -0.1) is 11.3 Å². The fraction of sp³-hybridized carbons (Fsp3) is 0.208. The highest BCUT2D eigenvalue weighted by molar-refractivity contribution is 7.99. The van der Waals surface area contributed by atoms with Crippen molar-refractivity contribution in [2.75, 3.05) is 12.4 Å². The standard InChI is InChI=1S/C24H22N2O3S2/c1-16-20(18-12-6-3-7-13-18)21-22(28)25-24(26-23(21)31-16)30-15-19(27)29-14-8-11-17-9-4-2-5-10-17/h2-7,9-10,12-13H,8,11,14-15H2,1H3,(H,25,26,28). The van der Waals surface area contributed by atoms with Gasteiger partial charge in [0.1, 0.15) is 4.83 Å². The molecule has 1 N–H and O–H groups in total. The Balaban J connectivity index is 1.37. The fourth-order valence-electron chi connectivity index (χ4n) is 3.40. The van der Waals surface area contributed by atoms with Crippen LogP contribution in [0.3, 0.4) is 0 Å². The second-order valence-electron chi connectivity index (χ2n) is 7.05. The molecule has 7 heteroatoms. The lowest BCUT2D eigenvalue weighted by atomic mass is 10.0. The van der Waals surface area contributed by atoms with Crippen molar-refractivity contribution in [1.29, 1.82) is 0 Å². The SMILES string of the molecule is Cc1sc2nc(SCC(=O)OCCCc3ccccc3)[nH]c(=O)c2c1-c1ccccc1. The van der Waals surface area contributed by atoms with Crippen molar-refractivity contribution in [2.45, 2.75) is 24.9 Å². The number of aryl methyl sites for hydroxylation is 2. The maximum absolute atomic E-state index is 12.8. The van der Waals surface area contributed by atoms with Crippen LogP contribution in [0.5, 0.6) is 0 Å². The van der Waals surface area contributed by atoms with Crippen LogP contribution in [-0.2, 0) is 16.0 Å². The van der Waals surface area contributed by atoms with E-state index in [4.69, 9.17) is 4.74 Å². The van der Waals surface area contributed by atoms with Gasteiger partial charge in [0.05, 0.1) is 17.7 Å². The fourth-order valence-corrected chi connectivity index (χ4v) is 5.16. The number of aromatic amines is 1. The number of carbonyl (C=O) groups is 1. The number of fused-ring (bicyclic) bond motifs is 1. The van der Waals surface area contributed by atoms with Gasteiger partial charge in [0.2, 0.25) is 0 Å². The molecule has 158 valence electrons. The molecule has 2 aromatic heterocycles. The van der Waals surface area contributed by atoms with Crippen molar-refractivity contribution in [3.8, 4) is 11.1 Å². The van der Waals surface area contributed by atoms with Crippen molar-refractivity contribution in [3.63, 3.8) is 0 Å². The van der Waals surface area contributed by atoms with Gasteiger partial charge in [0, 0.05) is 10.4 Å². The average Bonchev–Trinajstić information content (AvgIpc) is 3.13. The number of rotatable bonds is 8. The Hall–Kier alpha value is -2.90. The van der Waals surface area contributed by atoms with E-state index < -0.39 is 0 Å². The molecule has 0 aliphatic carbocycles. The summed E-state index contributed by atoms with van der Waals surface area (Å²) in [5.41, 5.74) is 2.96. The molecule has 0 unspecified atom stereocenters. The second-order valence-corrected chi connectivity index (χ2v) is 9.22. The van der Waals surface area contributed by atoms with Crippen LogP contribution in [0.1, 0.15) is 16.9 Å². The van der Waals surface area contributed by atoms with Gasteiger partial charge in [0.15, 0.2) is 5.16 Å². The predicted octanol–water partition coefficient (Wildman–Crippen LogP) is 5.23. The summed E-state index contributed by atoms with van der Waals surface area (Å²) >= 11 is 2.68. The van der Waals surface area contributed by atoms with Gasteiger partial charge in [-0.3, -0.25) is 9.59 Å². The van der Waals surface area contributed by atoms with Gasteiger partial charge < -0.3 is 9.72 Å². The molecule has 2 heterocycles. The van der Waals surface area contributed by atoms with Crippen molar-refractivity contribution < 1.29 is 9.53 Å². The molecule has 0 aliphatic rings. The summed E-state index contributed by atoms with van der Waals surface area (Å²) < 4.78 is 5.31. The zero-order valence-electron chi connectivity index (χ0n) is 17.1. The number of nitrogens with zero attached hydrogens (tertiary/aromatic N) is 1. The molecule has 0 saturated carbocycles. The molecule has 2 aromatic carbocycles. The van der Waals surface area contributed by atoms with E-state index in [1.807, 2.05) is 55.5 Å². The molecule has 4 rings (SSSR count). The molecule has 0 saturated heterocycles. The molecule has 0 atom stereocenters. The number of aromatic nitrogens is 2. The van der Waals surface area contributed by atoms with E-state index in [1.165, 1.54) is 28.7 Å². The van der Waals surface area contributed by atoms with Crippen LogP contribution in [0.15, 0.2) is 70.6 Å². The molecule has 0 spiro atoms. The minimum Gasteiger partial charge on any atom is -0.465 e. The Bertz CT molecular complexity index is 1230. The summed E-state index contributed by atoms with van der Waals surface area (Å²) in [6.45, 7) is 2.37. The summed E-state index contributed by atoms with van der Waals surface area (Å²) in [7, 11) is 0. The maximum atomic E-state index is 12.8. The predicted molar refractivity (Wildman–Crippen MR) is 127 cm³/mol. The third kappa shape index (κ3) is 5.24. The number of benzene rings is 2. The number of nitrogens with one attached hydrogen (secondary N) is 1. The Labute approximate surface area is 188 Å². The molecule has 5 nitrogen and oxygen atoms in total. The number of hydrogen-bond donors (Lipinski definition) is 1. The first kappa shape index (κ1) is 21.3. The number of H-pyrrole nitrogens is 1. The van der Waals surface area contributed by atoms with Gasteiger partial charge in [0.25, 0.3) is 5.56 Å². The molecular weight excluding hydrogens is 428 g/mol. The third-order valence-electron chi connectivity index (χ3n) is 4.82. The first-order chi connectivity index (χ1) is 15.1. The van der Waals surface area contributed by atoms with E-state index in [0.717, 1.165) is 28.8 Å². The Kier molecular flexibility index (Phi) is 6.84. The molecule has 4 aromatic rings. The third-order valence-corrected chi connectivity index (χ3v) is 6.67. The number of ether oxygens (including phenoxy) is 1. The van der Waals surface area contributed by atoms with Crippen molar-refractivity contribution in [3.05, 3.63) is 81.5 Å². The monoisotopic (exact) mass is 450 g/mol. The molecule has 0 bridgehead atoms. The van der Waals surface area contributed by atoms with Crippen LogP contribution in [0.25, 0.3) is 21.3 Å². The average molecular weight is 451 g/mol. The Morgan fingerprint density at radius 3 is 2.55 bits per heavy atom. The number of carbonyl (C=O) groups excluding carboxylic acids is 1. The summed E-state index contributed by atoms with van der Waals surface area (Å²) in [5.74, 6) is -0.205. The number of esters is 1. The van der Waals surface area contributed by atoms with Crippen LogP contribution in [0.2, 0.25) is 0 Å². The van der Waals surface area contributed by atoms with E-state index in [9.17, 15) is 9.59 Å². The first-order valence-corrected chi connectivity index (χ1v) is 11.8.